The zero-order chi connectivity index (χ0) is 19.4. The SMILES string of the molecule is CN1C(=O)[C@]2(C)[C@H](c3ccccc31)[C@@H](C(N)=O)CN2C(=O)CC(C)(C)C. The fourth-order valence-corrected chi connectivity index (χ4v) is 4.49. The van der Waals surface area contributed by atoms with Crippen LogP contribution in [-0.4, -0.2) is 41.8 Å². The minimum absolute atomic E-state index is 0.116. The number of primary amides is 1. The van der Waals surface area contributed by atoms with Crippen LogP contribution in [0.1, 0.15) is 45.6 Å². The van der Waals surface area contributed by atoms with Crippen molar-refractivity contribution in [3.8, 4) is 0 Å². The summed E-state index contributed by atoms with van der Waals surface area (Å²) in [6.07, 6.45) is 0.305. The van der Waals surface area contributed by atoms with Crippen molar-refractivity contribution in [2.45, 2.75) is 45.6 Å². The molecular formula is C20H27N3O3. The highest BCUT2D eigenvalue weighted by molar-refractivity contribution is 6.07. The van der Waals surface area contributed by atoms with Crippen LogP contribution in [0.3, 0.4) is 0 Å². The number of fused-ring (bicyclic) bond motifs is 3. The first-order valence-electron chi connectivity index (χ1n) is 8.95. The molecule has 6 nitrogen and oxygen atoms in total. The number of likely N-dealkylation sites (N-methyl/N-ethyl adjacent to an activating group) is 1. The molecule has 1 saturated heterocycles. The van der Waals surface area contributed by atoms with Crippen LogP contribution >= 0.6 is 0 Å². The maximum atomic E-state index is 13.3. The summed E-state index contributed by atoms with van der Waals surface area (Å²) in [6, 6.07) is 7.54. The third-order valence-electron chi connectivity index (χ3n) is 5.67. The Bertz CT molecular complexity index is 783. The Morgan fingerprint density at radius 2 is 1.88 bits per heavy atom. The molecule has 0 aromatic heterocycles. The van der Waals surface area contributed by atoms with Gasteiger partial charge in [-0.1, -0.05) is 39.0 Å². The van der Waals surface area contributed by atoms with Gasteiger partial charge in [0.1, 0.15) is 5.54 Å². The van der Waals surface area contributed by atoms with Crippen molar-refractivity contribution >= 4 is 23.4 Å². The second-order valence-electron chi connectivity index (χ2n) is 8.80. The summed E-state index contributed by atoms with van der Waals surface area (Å²) in [6.45, 7) is 7.90. The first-order chi connectivity index (χ1) is 12.0. The lowest BCUT2D eigenvalue weighted by Crippen LogP contribution is -2.61. The van der Waals surface area contributed by atoms with Gasteiger partial charge in [0, 0.05) is 31.6 Å². The Balaban J connectivity index is 2.15. The number of nitrogens with zero attached hydrogens (tertiary/aromatic N) is 2. The Morgan fingerprint density at radius 1 is 1.27 bits per heavy atom. The Hall–Kier alpha value is -2.37. The van der Waals surface area contributed by atoms with Gasteiger partial charge in [0.25, 0.3) is 5.91 Å². The van der Waals surface area contributed by atoms with Crippen molar-refractivity contribution in [1.82, 2.24) is 4.90 Å². The van der Waals surface area contributed by atoms with E-state index in [1.54, 1.807) is 23.8 Å². The molecule has 2 heterocycles. The molecule has 0 bridgehead atoms. The van der Waals surface area contributed by atoms with E-state index >= 15 is 0 Å². The van der Waals surface area contributed by atoms with Crippen molar-refractivity contribution in [1.29, 1.82) is 0 Å². The van der Waals surface area contributed by atoms with E-state index in [0.717, 1.165) is 11.3 Å². The highest BCUT2D eigenvalue weighted by atomic mass is 16.2. The highest BCUT2D eigenvalue weighted by Crippen LogP contribution is 2.52. The van der Waals surface area contributed by atoms with Crippen molar-refractivity contribution in [3.05, 3.63) is 29.8 Å². The van der Waals surface area contributed by atoms with Gasteiger partial charge < -0.3 is 15.5 Å². The smallest absolute Gasteiger partial charge is 0.253 e. The molecule has 6 heteroatoms. The molecule has 1 fully saturated rings. The van der Waals surface area contributed by atoms with Crippen LogP contribution in [0.15, 0.2) is 24.3 Å². The van der Waals surface area contributed by atoms with Gasteiger partial charge in [-0.2, -0.15) is 0 Å². The van der Waals surface area contributed by atoms with Gasteiger partial charge in [-0.3, -0.25) is 14.4 Å². The quantitative estimate of drug-likeness (QED) is 0.877. The zero-order valence-corrected chi connectivity index (χ0v) is 16.1. The van der Waals surface area contributed by atoms with Crippen molar-refractivity contribution in [3.63, 3.8) is 0 Å². The number of carbonyl (C=O) groups excluding carboxylic acids is 3. The summed E-state index contributed by atoms with van der Waals surface area (Å²) in [5, 5.41) is 0. The van der Waals surface area contributed by atoms with Gasteiger partial charge in [-0.15, -0.1) is 0 Å². The summed E-state index contributed by atoms with van der Waals surface area (Å²) >= 11 is 0. The number of carbonyl (C=O) groups is 3. The summed E-state index contributed by atoms with van der Waals surface area (Å²) in [7, 11) is 1.71. The number of amides is 3. The predicted molar refractivity (Wildman–Crippen MR) is 99.5 cm³/mol. The monoisotopic (exact) mass is 357 g/mol. The predicted octanol–water partition coefficient (Wildman–Crippen LogP) is 1.89. The minimum atomic E-state index is -1.11. The van der Waals surface area contributed by atoms with Crippen LogP contribution in [0.5, 0.6) is 0 Å². The van der Waals surface area contributed by atoms with Crippen LogP contribution in [0, 0.1) is 11.3 Å². The van der Waals surface area contributed by atoms with E-state index < -0.39 is 23.3 Å². The van der Waals surface area contributed by atoms with Gasteiger partial charge in [0.15, 0.2) is 0 Å². The first-order valence-corrected chi connectivity index (χ1v) is 8.95. The number of benzene rings is 1. The molecule has 3 amide bonds. The number of para-hydroxylation sites is 1. The van der Waals surface area contributed by atoms with Gasteiger partial charge >= 0.3 is 0 Å². The van der Waals surface area contributed by atoms with Crippen LogP contribution in [0.4, 0.5) is 5.69 Å². The second kappa shape index (κ2) is 5.83. The van der Waals surface area contributed by atoms with E-state index in [0.29, 0.717) is 6.42 Å². The average Bonchev–Trinajstić information content (AvgIpc) is 2.86. The molecule has 0 spiro atoms. The molecule has 0 radical (unpaired) electrons. The van der Waals surface area contributed by atoms with Crippen molar-refractivity contribution in [2.24, 2.45) is 17.1 Å². The molecule has 1 aromatic carbocycles. The molecule has 3 atom stereocenters. The zero-order valence-electron chi connectivity index (χ0n) is 16.1. The lowest BCUT2D eigenvalue weighted by Gasteiger charge is -2.45. The Morgan fingerprint density at radius 3 is 2.46 bits per heavy atom. The summed E-state index contributed by atoms with van der Waals surface area (Å²) in [5.41, 5.74) is 6.04. The molecule has 1 aromatic rings. The van der Waals surface area contributed by atoms with Gasteiger partial charge in [0.05, 0.1) is 5.92 Å². The number of hydrogen-bond acceptors (Lipinski definition) is 3. The Kier molecular flexibility index (Phi) is 4.13. The van der Waals surface area contributed by atoms with E-state index in [9.17, 15) is 14.4 Å². The maximum Gasteiger partial charge on any atom is 0.253 e. The molecule has 0 saturated carbocycles. The third kappa shape index (κ3) is 2.59. The maximum absolute atomic E-state index is 13.3. The number of likely N-dealkylation sites (tertiary alicyclic amines) is 1. The number of nitrogens with two attached hydrogens (primary N) is 1. The summed E-state index contributed by atoms with van der Waals surface area (Å²) < 4.78 is 0. The first kappa shape index (κ1) is 18.4. The molecule has 2 N–H and O–H groups in total. The molecule has 26 heavy (non-hydrogen) atoms. The van der Waals surface area contributed by atoms with E-state index in [-0.39, 0.29) is 23.8 Å². The second-order valence-corrected chi connectivity index (χ2v) is 8.80. The van der Waals surface area contributed by atoms with Gasteiger partial charge in [0.2, 0.25) is 11.8 Å². The highest BCUT2D eigenvalue weighted by Gasteiger charge is 2.62. The van der Waals surface area contributed by atoms with Gasteiger partial charge in [-0.05, 0) is 24.0 Å². The van der Waals surface area contributed by atoms with Crippen LogP contribution in [-0.2, 0) is 14.4 Å². The van der Waals surface area contributed by atoms with Crippen LogP contribution in [0.2, 0.25) is 0 Å². The van der Waals surface area contributed by atoms with Gasteiger partial charge in [-0.25, -0.2) is 0 Å². The summed E-state index contributed by atoms with van der Waals surface area (Å²) in [4.78, 5) is 41.8. The largest absolute Gasteiger partial charge is 0.369 e. The molecule has 0 unspecified atom stereocenters. The standard InChI is InChI=1S/C20H27N3O3/c1-19(2,3)10-15(24)23-11-13(17(21)25)16-12-8-6-7-9-14(12)22(5)18(26)20(16,23)4/h6-9,13,16H,10-11H2,1-5H3,(H2,21,25)/t13-,16+,20-/m0/s1. The fraction of sp³-hybridized carbons (Fsp3) is 0.550. The molecule has 140 valence electrons. The molecule has 2 aliphatic rings. The van der Waals surface area contributed by atoms with Crippen LogP contribution < -0.4 is 10.6 Å². The number of hydrogen-bond donors (Lipinski definition) is 1. The van der Waals surface area contributed by atoms with E-state index in [1.165, 1.54) is 0 Å². The van der Waals surface area contributed by atoms with E-state index in [1.807, 2.05) is 45.0 Å². The number of rotatable bonds is 2. The average molecular weight is 357 g/mol. The minimum Gasteiger partial charge on any atom is -0.369 e. The summed E-state index contributed by atoms with van der Waals surface area (Å²) in [5.74, 6) is -1.77. The molecule has 0 aliphatic carbocycles. The number of anilines is 1. The van der Waals surface area contributed by atoms with Crippen molar-refractivity contribution < 1.29 is 14.4 Å². The van der Waals surface area contributed by atoms with E-state index in [4.69, 9.17) is 5.73 Å². The molecular weight excluding hydrogens is 330 g/mol. The molecule has 2 aliphatic heterocycles. The van der Waals surface area contributed by atoms with Crippen molar-refractivity contribution in [2.75, 3.05) is 18.5 Å². The lowest BCUT2D eigenvalue weighted by molar-refractivity contribution is -0.145. The normalized spacial score (nSPS) is 28.0. The van der Waals surface area contributed by atoms with Crippen LogP contribution in [0.25, 0.3) is 0 Å². The third-order valence-corrected chi connectivity index (χ3v) is 5.67. The molecule has 3 rings (SSSR count). The topological polar surface area (TPSA) is 83.7 Å². The fourth-order valence-electron chi connectivity index (χ4n) is 4.49. The lowest BCUT2D eigenvalue weighted by atomic mass is 9.72. The van der Waals surface area contributed by atoms with E-state index in [2.05, 4.69) is 0 Å². The Labute approximate surface area is 154 Å².